The van der Waals surface area contributed by atoms with Crippen molar-refractivity contribution in [1.29, 1.82) is 0 Å². The van der Waals surface area contributed by atoms with E-state index in [0.29, 0.717) is 5.92 Å². The first-order valence-corrected chi connectivity index (χ1v) is 7.52. The molecule has 0 radical (unpaired) electrons. The Bertz CT molecular complexity index is 436. The Morgan fingerprint density at radius 1 is 1.45 bits per heavy atom. The summed E-state index contributed by atoms with van der Waals surface area (Å²) in [6.07, 6.45) is 0.237. The fraction of sp³-hybridized carbons (Fsp3) is 0.733. The van der Waals surface area contributed by atoms with Gasteiger partial charge in [-0.25, -0.2) is 9.97 Å². The molecule has 0 aliphatic carbocycles. The van der Waals surface area contributed by atoms with Crippen molar-refractivity contribution in [3.8, 4) is 0 Å². The predicted molar refractivity (Wildman–Crippen MR) is 81.2 cm³/mol. The average molecular weight is 278 g/mol. The lowest BCUT2D eigenvalue weighted by molar-refractivity contribution is -0.0192. The molecule has 1 aliphatic heterocycles. The van der Waals surface area contributed by atoms with Crippen LogP contribution in [0.5, 0.6) is 0 Å². The molecule has 1 aliphatic rings. The largest absolute Gasteiger partial charge is 0.374 e. The van der Waals surface area contributed by atoms with Crippen molar-refractivity contribution in [2.45, 2.75) is 39.7 Å². The van der Waals surface area contributed by atoms with Crippen molar-refractivity contribution in [1.82, 2.24) is 14.9 Å². The topological polar surface area (TPSA) is 50.3 Å². The second-order valence-electron chi connectivity index (χ2n) is 5.67. The lowest BCUT2D eigenvalue weighted by Crippen LogP contribution is -2.45. The van der Waals surface area contributed by atoms with E-state index >= 15 is 0 Å². The summed E-state index contributed by atoms with van der Waals surface area (Å²) < 4.78 is 5.79. The third-order valence-electron chi connectivity index (χ3n) is 3.57. The van der Waals surface area contributed by atoms with Crippen LogP contribution in [0.3, 0.4) is 0 Å². The maximum Gasteiger partial charge on any atom is 0.133 e. The first-order valence-electron chi connectivity index (χ1n) is 7.52. The number of hydrogen-bond donors (Lipinski definition) is 1. The van der Waals surface area contributed by atoms with Crippen LogP contribution in [0.1, 0.15) is 38.2 Å². The Kier molecular flexibility index (Phi) is 5.31. The van der Waals surface area contributed by atoms with Gasteiger partial charge in [-0.1, -0.05) is 20.8 Å². The lowest BCUT2D eigenvalue weighted by Gasteiger charge is -2.32. The highest BCUT2D eigenvalue weighted by Crippen LogP contribution is 2.14. The van der Waals surface area contributed by atoms with Crippen LogP contribution in [0.15, 0.2) is 6.07 Å². The van der Waals surface area contributed by atoms with E-state index in [0.717, 1.165) is 50.1 Å². The van der Waals surface area contributed by atoms with Crippen LogP contribution in [-0.4, -0.2) is 53.8 Å². The molecule has 112 valence electrons. The van der Waals surface area contributed by atoms with E-state index in [1.54, 1.807) is 0 Å². The molecule has 1 aromatic rings. The Morgan fingerprint density at radius 3 is 2.95 bits per heavy atom. The first-order chi connectivity index (χ1) is 9.58. The normalized spacial score (nSPS) is 20.4. The average Bonchev–Trinajstić information content (AvgIpc) is 2.44. The maximum atomic E-state index is 5.79. The number of nitrogens with one attached hydrogen (secondary N) is 1. The number of anilines is 1. The minimum absolute atomic E-state index is 0.237. The van der Waals surface area contributed by atoms with Gasteiger partial charge in [0.1, 0.15) is 11.6 Å². The summed E-state index contributed by atoms with van der Waals surface area (Å²) in [5.74, 6) is 2.14. The molecule has 1 N–H and O–H groups in total. The van der Waals surface area contributed by atoms with Crippen molar-refractivity contribution in [2.75, 3.05) is 38.1 Å². The van der Waals surface area contributed by atoms with Crippen molar-refractivity contribution in [2.24, 2.45) is 0 Å². The van der Waals surface area contributed by atoms with Crippen LogP contribution in [0.25, 0.3) is 0 Å². The van der Waals surface area contributed by atoms with Crippen LogP contribution >= 0.6 is 0 Å². The molecule has 1 saturated heterocycles. The van der Waals surface area contributed by atoms with Gasteiger partial charge in [0.15, 0.2) is 0 Å². The van der Waals surface area contributed by atoms with E-state index < -0.39 is 0 Å². The molecule has 0 aromatic carbocycles. The van der Waals surface area contributed by atoms with Crippen LogP contribution < -0.4 is 5.32 Å². The Balaban J connectivity index is 1.93. The van der Waals surface area contributed by atoms with Gasteiger partial charge < -0.3 is 10.1 Å². The zero-order chi connectivity index (χ0) is 14.5. The van der Waals surface area contributed by atoms with Crippen molar-refractivity contribution >= 4 is 5.82 Å². The van der Waals surface area contributed by atoms with E-state index in [9.17, 15) is 0 Å². The van der Waals surface area contributed by atoms with Crippen molar-refractivity contribution in [3.63, 3.8) is 0 Å². The summed E-state index contributed by atoms with van der Waals surface area (Å²) >= 11 is 0. The zero-order valence-corrected chi connectivity index (χ0v) is 13.0. The van der Waals surface area contributed by atoms with Gasteiger partial charge >= 0.3 is 0 Å². The minimum Gasteiger partial charge on any atom is -0.374 e. The molecule has 2 heterocycles. The minimum atomic E-state index is 0.237. The van der Waals surface area contributed by atoms with E-state index in [2.05, 4.69) is 41.0 Å². The van der Waals surface area contributed by atoms with Gasteiger partial charge in [-0.15, -0.1) is 0 Å². The summed E-state index contributed by atoms with van der Waals surface area (Å²) in [6.45, 7) is 13.2. The Hall–Kier alpha value is -1.20. The lowest BCUT2D eigenvalue weighted by atomic mass is 10.2. The molecule has 0 amide bonds. The molecule has 1 fully saturated rings. The summed E-state index contributed by atoms with van der Waals surface area (Å²) in [7, 11) is 0. The standard InChI is InChI=1S/C15H26N4O/c1-5-19-6-7-20-13(10-19)9-16-14-8-12(4)17-15(18-14)11(2)3/h8,11,13H,5-7,9-10H2,1-4H3,(H,16,17,18). The van der Waals surface area contributed by atoms with Gasteiger partial charge in [0.25, 0.3) is 0 Å². The highest BCUT2D eigenvalue weighted by atomic mass is 16.5. The quantitative estimate of drug-likeness (QED) is 0.893. The molecule has 2 rings (SSSR count). The van der Waals surface area contributed by atoms with Gasteiger partial charge in [-0.3, -0.25) is 4.90 Å². The van der Waals surface area contributed by atoms with Crippen LogP contribution in [-0.2, 0) is 4.74 Å². The number of ether oxygens (including phenoxy) is 1. The molecule has 20 heavy (non-hydrogen) atoms. The molecule has 0 spiro atoms. The molecule has 0 saturated carbocycles. The molecule has 5 nitrogen and oxygen atoms in total. The molecule has 1 unspecified atom stereocenters. The molecular formula is C15H26N4O. The van der Waals surface area contributed by atoms with E-state index in [1.165, 1.54) is 0 Å². The van der Waals surface area contributed by atoms with Gasteiger partial charge in [0.05, 0.1) is 12.7 Å². The van der Waals surface area contributed by atoms with Crippen LogP contribution in [0.4, 0.5) is 5.82 Å². The number of rotatable bonds is 5. The Morgan fingerprint density at radius 2 is 2.25 bits per heavy atom. The summed E-state index contributed by atoms with van der Waals surface area (Å²) in [6, 6.07) is 1.99. The number of hydrogen-bond acceptors (Lipinski definition) is 5. The van der Waals surface area contributed by atoms with Gasteiger partial charge in [0, 0.05) is 37.3 Å². The number of aryl methyl sites for hydroxylation is 1. The fourth-order valence-corrected chi connectivity index (χ4v) is 2.35. The van der Waals surface area contributed by atoms with E-state index in [1.807, 2.05) is 13.0 Å². The maximum absolute atomic E-state index is 5.79. The zero-order valence-electron chi connectivity index (χ0n) is 13.0. The second-order valence-corrected chi connectivity index (χ2v) is 5.67. The Labute approximate surface area is 121 Å². The highest BCUT2D eigenvalue weighted by molar-refractivity contribution is 5.36. The molecule has 1 atom stereocenters. The number of nitrogens with zero attached hydrogens (tertiary/aromatic N) is 3. The highest BCUT2D eigenvalue weighted by Gasteiger charge is 2.19. The first kappa shape index (κ1) is 15.2. The fourth-order valence-electron chi connectivity index (χ4n) is 2.35. The van der Waals surface area contributed by atoms with Gasteiger partial charge in [-0.05, 0) is 13.5 Å². The third-order valence-corrected chi connectivity index (χ3v) is 3.57. The van der Waals surface area contributed by atoms with E-state index in [-0.39, 0.29) is 6.10 Å². The predicted octanol–water partition coefficient (Wildman–Crippen LogP) is 2.04. The monoisotopic (exact) mass is 278 g/mol. The second kappa shape index (κ2) is 6.99. The SMILES string of the molecule is CCN1CCOC(CNc2cc(C)nc(C(C)C)n2)C1. The third kappa shape index (κ3) is 4.15. The molecular weight excluding hydrogens is 252 g/mol. The molecule has 0 bridgehead atoms. The number of aromatic nitrogens is 2. The molecule has 5 heteroatoms. The smallest absolute Gasteiger partial charge is 0.133 e. The number of likely N-dealkylation sites (N-methyl/N-ethyl adjacent to an activating group) is 1. The summed E-state index contributed by atoms with van der Waals surface area (Å²) in [5, 5.41) is 3.39. The molecule has 1 aromatic heterocycles. The van der Waals surface area contributed by atoms with E-state index in [4.69, 9.17) is 4.74 Å². The summed E-state index contributed by atoms with van der Waals surface area (Å²) in [5.41, 5.74) is 1.01. The van der Waals surface area contributed by atoms with Gasteiger partial charge in [0.2, 0.25) is 0 Å². The van der Waals surface area contributed by atoms with Crippen molar-refractivity contribution in [3.05, 3.63) is 17.6 Å². The van der Waals surface area contributed by atoms with Gasteiger partial charge in [-0.2, -0.15) is 0 Å². The summed E-state index contributed by atoms with van der Waals surface area (Å²) in [4.78, 5) is 11.4. The van der Waals surface area contributed by atoms with Crippen LogP contribution in [0.2, 0.25) is 0 Å². The van der Waals surface area contributed by atoms with Crippen molar-refractivity contribution < 1.29 is 4.74 Å². The number of morpholine rings is 1. The van der Waals surface area contributed by atoms with Crippen LogP contribution in [0, 0.1) is 6.92 Å².